The van der Waals surface area contributed by atoms with Crippen molar-refractivity contribution in [2.45, 2.75) is 6.42 Å². The van der Waals surface area contributed by atoms with Crippen LogP contribution >= 0.6 is 27.5 Å². The number of hydrogen-bond donors (Lipinski definition) is 1. The lowest BCUT2D eigenvalue weighted by Gasteiger charge is -2.26. The molecule has 1 fully saturated rings. The Labute approximate surface area is 107 Å². The molecule has 3 heterocycles. The lowest BCUT2D eigenvalue weighted by Crippen LogP contribution is -2.43. The number of nitrogens with one attached hydrogen (secondary N) is 1. The molecule has 0 atom stereocenters. The summed E-state index contributed by atoms with van der Waals surface area (Å²) in [5.41, 5.74) is 0.964. The van der Waals surface area contributed by atoms with E-state index in [4.69, 9.17) is 11.6 Å². The minimum atomic E-state index is 0.705. The molecule has 0 bridgehead atoms. The normalized spacial score (nSPS) is 16.6. The van der Waals surface area contributed by atoms with Gasteiger partial charge in [-0.1, -0.05) is 11.6 Å². The zero-order valence-electron chi connectivity index (χ0n) is 8.58. The van der Waals surface area contributed by atoms with E-state index in [1.165, 1.54) is 0 Å². The van der Waals surface area contributed by atoms with Crippen molar-refractivity contribution >= 4 is 33.0 Å². The third-order valence-electron chi connectivity index (χ3n) is 2.98. The molecule has 16 heavy (non-hydrogen) atoms. The van der Waals surface area contributed by atoms with E-state index in [2.05, 4.69) is 30.6 Å². The summed E-state index contributed by atoms with van der Waals surface area (Å²) < 4.78 is 2.91. The van der Waals surface area contributed by atoms with E-state index in [0.29, 0.717) is 5.92 Å². The number of aromatic nitrogens is 2. The molecule has 0 aromatic carbocycles. The van der Waals surface area contributed by atoms with E-state index in [1.807, 2.05) is 18.3 Å². The van der Waals surface area contributed by atoms with Crippen LogP contribution in [-0.2, 0) is 6.42 Å². The van der Waals surface area contributed by atoms with E-state index in [9.17, 15) is 0 Å². The van der Waals surface area contributed by atoms with Crippen LogP contribution in [-0.4, -0.2) is 22.5 Å². The Balaban J connectivity index is 2.07. The molecule has 0 unspecified atom stereocenters. The highest BCUT2D eigenvalue weighted by Crippen LogP contribution is 2.27. The van der Waals surface area contributed by atoms with Gasteiger partial charge < -0.3 is 9.72 Å². The molecule has 1 N–H and O–H groups in total. The highest BCUT2D eigenvalue weighted by molar-refractivity contribution is 9.10. The maximum Gasteiger partial charge on any atom is 0.133 e. The van der Waals surface area contributed by atoms with Crippen LogP contribution in [0.25, 0.3) is 5.52 Å². The Morgan fingerprint density at radius 3 is 3.06 bits per heavy atom. The van der Waals surface area contributed by atoms with Crippen molar-refractivity contribution in [1.29, 1.82) is 0 Å². The molecule has 2 aromatic rings. The Hall–Kier alpha value is -0.580. The summed E-state index contributed by atoms with van der Waals surface area (Å²) in [5, 5.41) is 4.01. The fourth-order valence-corrected chi connectivity index (χ4v) is 2.99. The van der Waals surface area contributed by atoms with E-state index in [-0.39, 0.29) is 0 Å². The Kier molecular flexibility index (Phi) is 2.65. The number of halogens is 2. The molecule has 5 heteroatoms. The molecule has 1 saturated heterocycles. The van der Waals surface area contributed by atoms with E-state index < -0.39 is 0 Å². The first-order valence-corrected chi connectivity index (χ1v) is 6.44. The smallest absolute Gasteiger partial charge is 0.133 e. The van der Waals surface area contributed by atoms with Crippen LogP contribution in [0.4, 0.5) is 0 Å². The molecule has 0 amide bonds. The van der Waals surface area contributed by atoms with E-state index in [0.717, 1.165) is 40.5 Å². The molecule has 0 radical (unpaired) electrons. The van der Waals surface area contributed by atoms with Crippen LogP contribution in [0.15, 0.2) is 22.9 Å². The number of hydrogen-bond acceptors (Lipinski definition) is 2. The van der Waals surface area contributed by atoms with E-state index >= 15 is 0 Å². The minimum absolute atomic E-state index is 0.705. The fraction of sp³-hybridized carbons (Fsp3) is 0.364. The lowest BCUT2D eigenvalue weighted by atomic mass is 9.99. The fourth-order valence-electron chi connectivity index (χ4n) is 2.01. The summed E-state index contributed by atoms with van der Waals surface area (Å²) in [4.78, 5) is 4.54. The number of nitrogens with zero attached hydrogens (tertiary/aromatic N) is 2. The van der Waals surface area contributed by atoms with Gasteiger partial charge in [0.05, 0.1) is 10.5 Å². The van der Waals surface area contributed by atoms with Gasteiger partial charge in [0, 0.05) is 12.6 Å². The summed E-state index contributed by atoms with van der Waals surface area (Å²) in [5.74, 6) is 1.78. The Bertz CT molecular complexity index is 533. The van der Waals surface area contributed by atoms with Gasteiger partial charge in [-0.05, 0) is 47.1 Å². The van der Waals surface area contributed by atoms with Gasteiger partial charge in [-0.3, -0.25) is 0 Å². The predicted octanol–water partition coefficient (Wildman–Crippen LogP) is 2.51. The topological polar surface area (TPSA) is 29.3 Å². The largest absolute Gasteiger partial charge is 0.316 e. The average Bonchev–Trinajstić information content (AvgIpc) is 2.51. The van der Waals surface area contributed by atoms with Crippen LogP contribution in [0.1, 0.15) is 5.82 Å². The monoisotopic (exact) mass is 299 g/mol. The summed E-state index contributed by atoms with van der Waals surface area (Å²) >= 11 is 9.62. The van der Waals surface area contributed by atoms with Gasteiger partial charge in [0.15, 0.2) is 0 Å². The average molecular weight is 301 g/mol. The summed E-state index contributed by atoms with van der Waals surface area (Å²) in [6.07, 6.45) is 3.01. The van der Waals surface area contributed by atoms with Crippen molar-refractivity contribution in [1.82, 2.24) is 14.7 Å². The molecule has 1 aliphatic heterocycles. The first-order valence-electron chi connectivity index (χ1n) is 5.27. The summed E-state index contributed by atoms with van der Waals surface area (Å²) in [7, 11) is 0. The molecule has 0 aliphatic carbocycles. The number of rotatable bonds is 2. The van der Waals surface area contributed by atoms with Crippen molar-refractivity contribution in [3.8, 4) is 0 Å². The van der Waals surface area contributed by atoms with Crippen molar-refractivity contribution < 1.29 is 0 Å². The molecule has 0 saturated carbocycles. The second kappa shape index (κ2) is 4.02. The molecule has 3 nitrogen and oxygen atoms in total. The number of imidazole rings is 1. The van der Waals surface area contributed by atoms with Gasteiger partial charge >= 0.3 is 0 Å². The van der Waals surface area contributed by atoms with E-state index in [1.54, 1.807) is 0 Å². The molecule has 0 spiro atoms. The zero-order valence-corrected chi connectivity index (χ0v) is 10.9. The number of pyridine rings is 1. The molecule has 1 aliphatic rings. The summed E-state index contributed by atoms with van der Waals surface area (Å²) in [6, 6.07) is 3.84. The predicted molar refractivity (Wildman–Crippen MR) is 68.0 cm³/mol. The van der Waals surface area contributed by atoms with Gasteiger partial charge in [-0.2, -0.15) is 0 Å². The van der Waals surface area contributed by atoms with Crippen LogP contribution < -0.4 is 5.32 Å². The molecular formula is C11H11BrClN3. The minimum Gasteiger partial charge on any atom is -0.316 e. The highest BCUT2D eigenvalue weighted by atomic mass is 79.9. The first kappa shape index (κ1) is 10.6. The molecular weight excluding hydrogens is 289 g/mol. The van der Waals surface area contributed by atoms with Crippen LogP contribution in [0, 0.1) is 5.92 Å². The second-order valence-electron chi connectivity index (χ2n) is 4.12. The third kappa shape index (κ3) is 1.65. The van der Waals surface area contributed by atoms with Gasteiger partial charge in [0.2, 0.25) is 0 Å². The summed E-state index contributed by atoms with van der Waals surface area (Å²) in [6.45, 7) is 2.18. The molecule has 2 aromatic heterocycles. The van der Waals surface area contributed by atoms with Gasteiger partial charge in [0.25, 0.3) is 0 Å². The van der Waals surface area contributed by atoms with Gasteiger partial charge in [0.1, 0.15) is 10.4 Å². The standard InChI is InChI=1S/C11H11BrClN3/c12-11-10-8(13)2-1-3-16(10)9(15-11)4-7-5-14-6-7/h1-3,7,14H,4-6H2. The van der Waals surface area contributed by atoms with Crippen molar-refractivity contribution in [3.63, 3.8) is 0 Å². The second-order valence-corrected chi connectivity index (χ2v) is 5.28. The van der Waals surface area contributed by atoms with Crippen LogP contribution in [0.3, 0.4) is 0 Å². The maximum atomic E-state index is 6.16. The third-order valence-corrected chi connectivity index (χ3v) is 3.84. The quantitative estimate of drug-likeness (QED) is 0.923. The number of fused-ring (bicyclic) bond motifs is 1. The molecule has 84 valence electrons. The van der Waals surface area contributed by atoms with Crippen molar-refractivity contribution in [2.75, 3.05) is 13.1 Å². The van der Waals surface area contributed by atoms with Gasteiger partial charge in [-0.25, -0.2) is 4.98 Å². The lowest BCUT2D eigenvalue weighted by molar-refractivity contribution is 0.340. The SMILES string of the molecule is Clc1cccn2c(CC3CNC3)nc(Br)c12. The van der Waals surface area contributed by atoms with Gasteiger partial charge in [-0.15, -0.1) is 0 Å². The van der Waals surface area contributed by atoms with Crippen molar-refractivity contribution in [2.24, 2.45) is 5.92 Å². The Morgan fingerprint density at radius 1 is 1.56 bits per heavy atom. The van der Waals surface area contributed by atoms with Crippen LogP contribution in [0.5, 0.6) is 0 Å². The van der Waals surface area contributed by atoms with Crippen molar-refractivity contribution in [3.05, 3.63) is 33.8 Å². The van der Waals surface area contributed by atoms with Crippen LogP contribution in [0.2, 0.25) is 5.02 Å². The first-order chi connectivity index (χ1) is 7.75. The zero-order chi connectivity index (χ0) is 11.1. The Morgan fingerprint density at radius 2 is 2.38 bits per heavy atom. The maximum absolute atomic E-state index is 6.16. The highest BCUT2D eigenvalue weighted by Gasteiger charge is 2.20. The molecule has 3 rings (SSSR count).